The van der Waals surface area contributed by atoms with Crippen LogP contribution in [-0.4, -0.2) is 7.11 Å². The highest BCUT2D eigenvalue weighted by atomic mass is 32.2. The molecule has 0 aliphatic heterocycles. The molecule has 0 fully saturated rings. The number of benzene rings is 2. The SMILES string of the molecule is COc1cc(Sc2ccc(F)cc2F)c(N)cc1F. The van der Waals surface area contributed by atoms with Gasteiger partial charge >= 0.3 is 0 Å². The summed E-state index contributed by atoms with van der Waals surface area (Å²) in [6.07, 6.45) is 0. The first-order chi connectivity index (χ1) is 9.01. The molecule has 0 atom stereocenters. The lowest BCUT2D eigenvalue weighted by Crippen LogP contribution is -1.95. The van der Waals surface area contributed by atoms with Gasteiger partial charge in [0.1, 0.15) is 11.6 Å². The molecular weight excluding hydrogens is 275 g/mol. The van der Waals surface area contributed by atoms with Gasteiger partial charge in [-0.3, -0.25) is 0 Å². The molecule has 0 radical (unpaired) electrons. The van der Waals surface area contributed by atoms with Crippen LogP contribution in [0.2, 0.25) is 0 Å². The number of ether oxygens (including phenoxy) is 1. The summed E-state index contributed by atoms with van der Waals surface area (Å²) in [4.78, 5) is 0.630. The van der Waals surface area contributed by atoms with Crippen molar-refractivity contribution >= 4 is 17.4 Å². The van der Waals surface area contributed by atoms with Crippen LogP contribution in [0, 0.1) is 17.5 Å². The molecule has 2 aromatic carbocycles. The highest BCUT2D eigenvalue weighted by molar-refractivity contribution is 7.99. The van der Waals surface area contributed by atoms with E-state index in [4.69, 9.17) is 10.5 Å². The zero-order valence-electron chi connectivity index (χ0n) is 9.91. The lowest BCUT2D eigenvalue weighted by atomic mass is 10.3. The molecule has 0 spiro atoms. The fourth-order valence-electron chi connectivity index (χ4n) is 1.47. The van der Waals surface area contributed by atoms with Crippen LogP contribution in [0.25, 0.3) is 0 Å². The van der Waals surface area contributed by atoms with Crippen molar-refractivity contribution in [3.05, 3.63) is 47.8 Å². The van der Waals surface area contributed by atoms with Crippen LogP contribution in [-0.2, 0) is 0 Å². The van der Waals surface area contributed by atoms with Crippen molar-refractivity contribution in [3.63, 3.8) is 0 Å². The molecule has 0 aliphatic carbocycles. The average Bonchev–Trinajstić information content (AvgIpc) is 2.35. The molecule has 0 saturated carbocycles. The van der Waals surface area contributed by atoms with E-state index in [0.717, 1.165) is 30.0 Å². The highest BCUT2D eigenvalue weighted by Crippen LogP contribution is 2.37. The summed E-state index contributed by atoms with van der Waals surface area (Å²) in [6.45, 7) is 0. The number of anilines is 1. The first-order valence-corrected chi connectivity index (χ1v) is 6.09. The van der Waals surface area contributed by atoms with Crippen LogP contribution in [0.4, 0.5) is 18.9 Å². The Morgan fingerprint density at radius 1 is 1.00 bits per heavy atom. The van der Waals surface area contributed by atoms with Crippen molar-refractivity contribution in [1.82, 2.24) is 0 Å². The third kappa shape index (κ3) is 2.96. The van der Waals surface area contributed by atoms with Gasteiger partial charge in [-0.15, -0.1) is 0 Å². The molecule has 0 heterocycles. The van der Waals surface area contributed by atoms with E-state index in [-0.39, 0.29) is 16.3 Å². The van der Waals surface area contributed by atoms with Gasteiger partial charge < -0.3 is 10.5 Å². The number of hydrogen-bond acceptors (Lipinski definition) is 3. The Balaban J connectivity index is 2.37. The van der Waals surface area contributed by atoms with Crippen LogP contribution in [0.3, 0.4) is 0 Å². The second kappa shape index (κ2) is 5.44. The van der Waals surface area contributed by atoms with Gasteiger partial charge in [0.05, 0.1) is 7.11 Å². The van der Waals surface area contributed by atoms with Gasteiger partial charge in [-0.1, -0.05) is 11.8 Å². The fourth-order valence-corrected chi connectivity index (χ4v) is 2.34. The van der Waals surface area contributed by atoms with Crippen molar-refractivity contribution in [2.24, 2.45) is 0 Å². The van der Waals surface area contributed by atoms with Crippen molar-refractivity contribution in [2.75, 3.05) is 12.8 Å². The van der Waals surface area contributed by atoms with Gasteiger partial charge in [-0.05, 0) is 18.2 Å². The first-order valence-electron chi connectivity index (χ1n) is 5.27. The van der Waals surface area contributed by atoms with Crippen molar-refractivity contribution in [3.8, 4) is 5.75 Å². The van der Waals surface area contributed by atoms with Crippen molar-refractivity contribution < 1.29 is 17.9 Å². The Bertz CT molecular complexity index is 619. The Labute approximate surface area is 112 Å². The predicted octanol–water partition coefficient (Wildman–Crippen LogP) is 3.85. The maximum Gasteiger partial charge on any atom is 0.167 e. The minimum absolute atomic E-state index is 0.0132. The summed E-state index contributed by atoms with van der Waals surface area (Å²) in [7, 11) is 1.32. The van der Waals surface area contributed by atoms with E-state index in [1.807, 2.05) is 0 Å². The second-order valence-corrected chi connectivity index (χ2v) is 4.79. The van der Waals surface area contributed by atoms with Gasteiger partial charge in [-0.25, -0.2) is 13.2 Å². The van der Waals surface area contributed by atoms with Gasteiger partial charge in [0, 0.05) is 27.6 Å². The topological polar surface area (TPSA) is 35.2 Å². The molecule has 2 aromatic rings. The maximum atomic E-state index is 13.5. The summed E-state index contributed by atoms with van der Waals surface area (Å²) in [5, 5.41) is 0. The molecule has 0 amide bonds. The third-order valence-electron chi connectivity index (χ3n) is 2.40. The number of nitrogens with two attached hydrogens (primary N) is 1. The minimum atomic E-state index is -0.701. The minimum Gasteiger partial charge on any atom is -0.494 e. The van der Waals surface area contributed by atoms with Crippen LogP contribution >= 0.6 is 11.8 Å². The number of nitrogen functional groups attached to an aromatic ring is 1. The third-order valence-corrected chi connectivity index (χ3v) is 3.52. The molecule has 0 saturated heterocycles. The zero-order chi connectivity index (χ0) is 14.0. The van der Waals surface area contributed by atoms with E-state index in [2.05, 4.69) is 0 Å². The Morgan fingerprint density at radius 2 is 1.74 bits per heavy atom. The predicted molar refractivity (Wildman–Crippen MR) is 67.8 cm³/mol. The quantitative estimate of drug-likeness (QED) is 0.870. The van der Waals surface area contributed by atoms with E-state index in [9.17, 15) is 13.2 Å². The normalized spacial score (nSPS) is 10.5. The molecule has 2 nitrogen and oxygen atoms in total. The first kappa shape index (κ1) is 13.6. The molecule has 6 heteroatoms. The number of halogens is 3. The van der Waals surface area contributed by atoms with Gasteiger partial charge in [0.15, 0.2) is 11.6 Å². The van der Waals surface area contributed by atoms with Crippen LogP contribution in [0.1, 0.15) is 0 Å². The summed E-state index contributed by atoms with van der Waals surface area (Å²) < 4.78 is 44.5. The fraction of sp³-hybridized carbons (Fsp3) is 0.0769. The van der Waals surface area contributed by atoms with Gasteiger partial charge in [0.2, 0.25) is 0 Å². The van der Waals surface area contributed by atoms with E-state index >= 15 is 0 Å². The molecule has 2 rings (SSSR count). The summed E-state index contributed by atoms with van der Waals surface area (Å²) >= 11 is 0.974. The maximum absolute atomic E-state index is 13.5. The molecule has 2 N–H and O–H groups in total. The lowest BCUT2D eigenvalue weighted by molar-refractivity contribution is 0.385. The summed E-state index contributed by atoms with van der Waals surface area (Å²) in [5.41, 5.74) is 5.82. The summed E-state index contributed by atoms with van der Waals surface area (Å²) in [5.74, 6) is -1.94. The molecule has 0 aliphatic rings. The molecular formula is C13H10F3NOS. The zero-order valence-corrected chi connectivity index (χ0v) is 10.7. The van der Waals surface area contributed by atoms with E-state index in [1.54, 1.807) is 0 Å². The van der Waals surface area contributed by atoms with Crippen molar-refractivity contribution in [1.29, 1.82) is 0 Å². The Hall–Kier alpha value is -1.82. The molecule has 0 aromatic heterocycles. The average molecular weight is 285 g/mol. The molecule has 0 bridgehead atoms. The number of methoxy groups -OCH3 is 1. The largest absolute Gasteiger partial charge is 0.494 e. The van der Waals surface area contributed by atoms with E-state index in [0.29, 0.717) is 4.90 Å². The standard InChI is InChI=1S/C13H10F3NOS/c1-18-11-6-13(10(17)5-8(11)15)19-12-3-2-7(14)4-9(12)16/h2-6H,17H2,1H3. The molecule has 100 valence electrons. The van der Waals surface area contributed by atoms with E-state index < -0.39 is 17.5 Å². The second-order valence-electron chi connectivity index (χ2n) is 3.70. The van der Waals surface area contributed by atoms with Crippen LogP contribution in [0.15, 0.2) is 40.1 Å². The number of hydrogen-bond donors (Lipinski definition) is 1. The van der Waals surface area contributed by atoms with E-state index in [1.165, 1.54) is 19.2 Å². The van der Waals surface area contributed by atoms with Crippen molar-refractivity contribution in [2.45, 2.75) is 9.79 Å². The smallest absolute Gasteiger partial charge is 0.167 e. The lowest BCUT2D eigenvalue weighted by Gasteiger charge is -2.09. The van der Waals surface area contributed by atoms with Gasteiger partial charge in [-0.2, -0.15) is 0 Å². The molecule has 19 heavy (non-hydrogen) atoms. The molecule has 0 unspecified atom stereocenters. The Kier molecular flexibility index (Phi) is 3.90. The highest BCUT2D eigenvalue weighted by Gasteiger charge is 2.12. The monoisotopic (exact) mass is 285 g/mol. The van der Waals surface area contributed by atoms with Gasteiger partial charge in [0.25, 0.3) is 0 Å². The Morgan fingerprint density at radius 3 is 2.37 bits per heavy atom. The number of rotatable bonds is 3. The summed E-state index contributed by atoms with van der Waals surface area (Å²) in [6, 6.07) is 5.69. The van der Waals surface area contributed by atoms with Crippen LogP contribution < -0.4 is 10.5 Å². The van der Waals surface area contributed by atoms with Crippen LogP contribution in [0.5, 0.6) is 5.75 Å².